The number of aromatic nitrogens is 5. The number of carbonyl (C=O) groups excluding carboxylic acids is 3. The normalized spacial score (nSPS) is 14.2. The summed E-state index contributed by atoms with van der Waals surface area (Å²) in [6, 6.07) is 1.81. The van der Waals surface area contributed by atoms with E-state index in [1.54, 1.807) is 24.1 Å². The van der Waals surface area contributed by atoms with Crippen molar-refractivity contribution in [3.63, 3.8) is 0 Å². The first-order valence-corrected chi connectivity index (χ1v) is 11.3. The van der Waals surface area contributed by atoms with Gasteiger partial charge in [-0.25, -0.2) is 19.1 Å². The molecule has 0 saturated carbocycles. The minimum Gasteiger partial charge on any atom is -0.461 e. The van der Waals surface area contributed by atoms with Crippen molar-refractivity contribution in [3.05, 3.63) is 35.9 Å². The van der Waals surface area contributed by atoms with Crippen LogP contribution in [0.4, 0.5) is 16.3 Å². The highest BCUT2D eigenvalue weighted by Crippen LogP contribution is 2.20. The Hall–Kier alpha value is -4.16. The summed E-state index contributed by atoms with van der Waals surface area (Å²) < 4.78 is 11.9. The molecule has 3 aromatic rings. The van der Waals surface area contributed by atoms with E-state index in [0.717, 1.165) is 0 Å². The number of ether oxygens (including phenoxy) is 2. The Morgan fingerprint density at radius 1 is 1.14 bits per heavy atom. The van der Waals surface area contributed by atoms with Crippen LogP contribution in [-0.4, -0.2) is 86.1 Å². The van der Waals surface area contributed by atoms with Gasteiger partial charge in [-0.3, -0.25) is 9.89 Å². The number of carbonyl (C=O) groups is 3. The van der Waals surface area contributed by atoms with Crippen LogP contribution in [0, 0.1) is 0 Å². The molecule has 0 bridgehead atoms. The number of esters is 1. The van der Waals surface area contributed by atoms with Gasteiger partial charge in [-0.05, 0) is 33.8 Å². The van der Waals surface area contributed by atoms with Crippen molar-refractivity contribution in [2.75, 3.05) is 43.0 Å². The summed E-state index contributed by atoms with van der Waals surface area (Å²) in [5.41, 5.74) is 0.286. The summed E-state index contributed by atoms with van der Waals surface area (Å²) >= 11 is 0. The Labute approximate surface area is 201 Å². The smallest absolute Gasteiger partial charge is 0.410 e. The molecule has 0 radical (unpaired) electrons. The third-order valence-electron chi connectivity index (χ3n) is 5.22. The number of amides is 2. The molecule has 186 valence electrons. The third-order valence-corrected chi connectivity index (χ3v) is 5.22. The van der Waals surface area contributed by atoms with Crippen LogP contribution < -0.4 is 10.2 Å². The summed E-state index contributed by atoms with van der Waals surface area (Å²) in [5, 5.41) is 13.2. The standard InChI is InChI=1S/C22H28N8O5/c1-5-34-20(32)17-15(13-23-27-17)25-19(31)14-12-24-30-7-6-16(26-18(14)30)28-8-10-29(11-9-28)21(33)35-22(2,3)4/h6-7,12-13H,5,8-11H2,1-4H3,(H,23,27)(H,25,31). The number of aromatic amines is 1. The fraction of sp³-hybridized carbons (Fsp3) is 0.455. The second kappa shape index (κ2) is 9.60. The number of hydrogen-bond donors (Lipinski definition) is 2. The SMILES string of the molecule is CCOC(=O)c1[nH]ncc1NC(=O)c1cnn2ccc(N3CCN(C(=O)OC(C)(C)C)CC3)nc12. The predicted molar refractivity (Wildman–Crippen MR) is 126 cm³/mol. The summed E-state index contributed by atoms with van der Waals surface area (Å²) in [5.74, 6) is -0.455. The van der Waals surface area contributed by atoms with Gasteiger partial charge in [0.15, 0.2) is 11.3 Å². The number of nitrogens with zero attached hydrogens (tertiary/aromatic N) is 6. The Bertz CT molecular complexity index is 1240. The van der Waals surface area contributed by atoms with Crippen LogP contribution in [0.3, 0.4) is 0 Å². The molecular weight excluding hydrogens is 456 g/mol. The lowest BCUT2D eigenvalue weighted by Gasteiger charge is -2.36. The second-order valence-corrected chi connectivity index (χ2v) is 8.90. The quantitative estimate of drug-likeness (QED) is 0.518. The van der Waals surface area contributed by atoms with Crippen LogP contribution >= 0.6 is 0 Å². The predicted octanol–water partition coefficient (Wildman–Crippen LogP) is 1.94. The highest BCUT2D eigenvalue weighted by Gasteiger charge is 2.27. The van der Waals surface area contributed by atoms with Crippen molar-refractivity contribution < 1.29 is 23.9 Å². The van der Waals surface area contributed by atoms with Crippen molar-refractivity contribution in [1.82, 2.24) is 29.7 Å². The Morgan fingerprint density at radius 2 is 1.89 bits per heavy atom. The van der Waals surface area contributed by atoms with Gasteiger partial charge in [0.05, 0.1) is 24.7 Å². The first-order valence-electron chi connectivity index (χ1n) is 11.3. The van der Waals surface area contributed by atoms with E-state index in [1.165, 1.54) is 16.9 Å². The topological polar surface area (TPSA) is 147 Å². The molecule has 1 saturated heterocycles. The first-order chi connectivity index (χ1) is 16.7. The zero-order valence-electron chi connectivity index (χ0n) is 20.1. The Morgan fingerprint density at radius 3 is 2.57 bits per heavy atom. The molecular formula is C22H28N8O5. The van der Waals surface area contributed by atoms with Crippen LogP contribution in [0.25, 0.3) is 5.65 Å². The lowest BCUT2D eigenvalue weighted by Crippen LogP contribution is -2.50. The molecule has 0 atom stereocenters. The van der Waals surface area contributed by atoms with E-state index in [2.05, 4.69) is 25.6 Å². The minimum atomic E-state index is -0.619. The zero-order chi connectivity index (χ0) is 25.2. The van der Waals surface area contributed by atoms with Crippen molar-refractivity contribution in [2.45, 2.75) is 33.3 Å². The third kappa shape index (κ3) is 5.34. The molecule has 1 aliphatic heterocycles. The maximum atomic E-state index is 13.0. The van der Waals surface area contributed by atoms with Gasteiger partial charge >= 0.3 is 12.1 Å². The van der Waals surface area contributed by atoms with Crippen LogP contribution in [0.2, 0.25) is 0 Å². The summed E-state index contributed by atoms with van der Waals surface area (Å²) in [4.78, 5) is 45.7. The maximum Gasteiger partial charge on any atom is 0.410 e. The van der Waals surface area contributed by atoms with E-state index < -0.39 is 17.5 Å². The Balaban J connectivity index is 1.47. The van der Waals surface area contributed by atoms with Crippen molar-refractivity contribution in [1.29, 1.82) is 0 Å². The largest absolute Gasteiger partial charge is 0.461 e. The van der Waals surface area contributed by atoms with Crippen molar-refractivity contribution in [2.24, 2.45) is 0 Å². The minimum absolute atomic E-state index is 0.0492. The fourth-order valence-corrected chi connectivity index (χ4v) is 3.57. The second-order valence-electron chi connectivity index (χ2n) is 8.90. The molecule has 3 aromatic heterocycles. The molecule has 0 aliphatic carbocycles. The molecule has 4 heterocycles. The molecule has 13 nitrogen and oxygen atoms in total. The zero-order valence-corrected chi connectivity index (χ0v) is 20.1. The number of fused-ring (bicyclic) bond motifs is 1. The number of piperazine rings is 1. The van der Waals surface area contributed by atoms with E-state index in [1.807, 2.05) is 25.7 Å². The molecule has 4 rings (SSSR count). The highest BCUT2D eigenvalue weighted by molar-refractivity contribution is 6.10. The first kappa shape index (κ1) is 24.0. The number of anilines is 2. The van der Waals surface area contributed by atoms with Gasteiger partial charge in [-0.2, -0.15) is 10.2 Å². The summed E-state index contributed by atoms with van der Waals surface area (Å²) in [7, 11) is 0. The molecule has 1 fully saturated rings. The molecule has 2 N–H and O–H groups in total. The molecule has 1 aliphatic rings. The molecule has 0 spiro atoms. The van der Waals surface area contributed by atoms with Gasteiger partial charge in [0.2, 0.25) is 0 Å². The molecule has 0 unspecified atom stereocenters. The number of hydrogen-bond acceptors (Lipinski definition) is 9. The average molecular weight is 485 g/mol. The van der Waals surface area contributed by atoms with Gasteiger partial charge in [0.1, 0.15) is 17.0 Å². The maximum absolute atomic E-state index is 13.0. The number of H-pyrrole nitrogens is 1. The fourth-order valence-electron chi connectivity index (χ4n) is 3.57. The van der Waals surface area contributed by atoms with Crippen LogP contribution in [0.15, 0.2) is 24.7 Å². The van der Waals surface area contributed by atoms with E-state index in [4.69, 9.17) is 9.47 Å². The van der Waals surface area contributed by atoms with Gasteiger partial charge in [0.25, 0.3) is 5.91 Å². The van der Waals surface area contributed by atoms with E-state index >= 15 is 0 Å². The monoisotopic (exact) mass is 484 g/mol. The van der Waals surface area contributed by atoms with E-state index in [9.17, 15) is 14.4 Å². The lowest BCUT2D eigenvalue weighted by molar-refractivity contribution is 0.0240. The average Bonchev–Trinajstić information content (AvgIpc) is 3.44. The van der Waals surface area contributed by atoms with Crippen molar-refractivity contribution in [3.8, 4) is 0 Å². The van der Waals surface area contributed by atoms with E-state index in [0.29, 0.717) is 37.6 Å². The van der Waals surface area contributed by atoms with Gasteiger partial charge < -0.3 is 24.6 Å². The molecule has 0 aromatic carbocycles. The van der Waals surface area contributed by atoms with Gasteiger partial charge in [0, 0.05) is 32.4 Å². The van der Waals surface area contributed by atoms with Crippen LogP contribution in [0.1, 0.15) is 48.5 Å². The molecule has 13 heteroatoms. The number of rotatable bonds is 5. The molecule has 2 amide bonds. The van der Waals surface area contributed by atoms with E-state index in [-0.39, 0.29) is 29.6 Å². The van der Waals surface area contributed by atoms with Crippen LogP contribution in [0.5, 0.6) is 0 Å². The number of nitrogens with one attached hydrogen (secondary N) is 2. The summed E-state index contributed by atoms with van der Waals surface area (Å²) in [6.45, 7) is 9.50. The lowest BCUT2D eigenvalue weighted by atomic mass is 10.2. The van der Waals surface area contributed by atoms with Crippen molar-refractivity contribution >= 4 is 35.1 Å². The Kier molecular flexibility index (Phi) is 6.58. The summed E-state index contributed by atoms with van der Waals surface area (Å²) in [6.07, 6.45) is 4.12. The van der Waals surface area contributed by atoms with Gasteiger partial charge in [-0.1, -0.05) is 0 Å². The molecule has 35 heavy (non-hydrogen) atoms. The van der Waals surface area contributed by atoms with Crippen LogP contribution in [-0.2, 0) is 9.47 Å². The highest BCUT2D eigenvalue weighted by atomic mass is 16.6. The van der Waals surface area contributed by atoms with Gasteiger partial charge in [-0.15, -0.1) is 0 Å².